The summed E-state index contributed by atoms with van der Waals surface area (Å²) in [6.07, 6.45) is 0.439. The first-order valence-corrected chi connectivity index (χ1v) is 6.19. The van der Waals surface area contributed by atoms with Crippen molar-refractivity contribution in [3.63, 3.8) is 0 Å². The van der Waals surface area contributed by atoms with Crippen LogP contribution in [-0.4, -0.2) is 11.1 Å². The van der Waals surface area contributed by atoms with Gasteiger partial charge in [0.2, 0.25) is 11.2 Å². The second-order valence-corrected chi connectivity index (χ2v) is 4.17. The van der Waals surface area contributed by atoms with Crippen molar-refractivity contribution in [1.82, 2.24) is 0 Å². The zero-order chi connectivity index (χ0) is 14.5. The molecule has 2 aromatic rings. The molecule has 1 N–H and O–H groups in total. The molecule has 0 amide bonds. The van der Waals surface area contributed by atoms with E-state index in [-0.39, 0.29) is 12.4 Å². The maximum Gasteiger partial charge on any atom is 0.375 e. The number of rotatable bonds is 5. The Morgan fingerprint density at radius 2 is 2.00 bits per heavy atom. The Bertz CT molecular complexity index is 658. The summed E-state index contributed by atoms with van der Waals surface area (Å²) in [5, 5.41) is 9.09. The highest BCUT2D eigenvalue weighted by Crippen LogP contribution is 2.17. The minimum atomic E-state index is -1.32. The average molecular weight is 274 g/mol. The molecule has 1 aromatic heterocycles. The number of benzene rings is 1. The third-order valence-corrected chi connectivity index (χ3v) is 2.72. The van der Waals surface area contributed by atoms with E-state index in [2.05, 4.69) is 0 Å². The van der Waals surface area contributed by atoms with Crippen molar-refractivity contribution in [2.24, 2.45) is 0 Å². The molecule has 0 spiro atoms. The molecule has 104 valence electrons. The summed E-state index contributed by atoms with van der Waals surface area (Å²) < 4.78 is 10.5. The Hall–Kier alpha value is -2.56. The second kappa shape index (κ2) is 6.06. The molecule has 0 radical (unpaired) electrons. The summed E-state index contributed by atoms with van der Waals surface area (Å²) in [5.41, 5.74) is 0.351. The molecule has 5 nitrogen and oxygen atoms in total. The van der Waals surface area contributed by atoms with E-state index in [0.717, 1.165) is 5.56 Å². The first-order chi connectivity index (χ1) is 9.61. The van der Waals surface area contributed by atoms with Gasteiger partial charge in [0.25, 0.3) is 5.76 Å². The van der Waals surface area contributed by atoms with Gasteiger partial charge >= 0.3 is 5.97 Å². The molecule has 0 fully saturated rings. The van der Waals surface area contributed by atoms with E-state index in [1.54, 1.807) is 6.92 Å². The summed E-state index contributed by atoms with van der Waals surface area (Å²) >= 11 is 0. The smallest absolute Gasteiger partial charge is 0.375 e. The van der Waals surface area contributed by atoms with E-state index in [1.165, 1.54) is 6.07 Å². The van der Waals surface area contributed by atoms with Crippen LogP contribution in [0.2, 0.25) is 0 Å². The van der Waals surface area contributed by atoms with Crippen molar-refractivity contribution < 1.29 is 19.1 Å². The van der Waals surface area contributed by atoms with Crippen LogP contribution in [0.3, 0.4) is 0 Å². The fraction of sp³-hybridized carbons (Fsp3) is 0.200. The topological polar surface area (TPSA) is 76.7 Å². The molecule has 0 saturated carbocycles. The minimum Gasteiger partial charge on any atom is -0.481 e. The van der Waals surface area contributed by atoms with Crippen molar-refractivity contribution in [2.75, 3.05) is 0 Å². The predicted octanol–water partition coefficient (Wildman–Crippen LogP) is 2.48. The molecule has 0 unspecified atom stereocenters. The van der Waals surface area contributed by atoms with Gasteiger partial charge in [0, 0.05) is 12.5 Å². The number of hydrogen-bond donors (Lipinski definition) is 1. The van der Waals surface area contributed by atoms with Gasteiger partial charge in [0.05, 0.1) is 0 Å². The quantitative estimate of drug-likeness (QED) is 0.906. The largest absolute Gasteiger partial charge is 0.481 e. The number of aryl methyl sites for hydroxylation is 1. The molecule has 20 heavy (non-hydrogen) atoms. The summed E-state index contributed by atoms with van der Waals surface area (Å²) in [6.45, 7) is 1.88. The van der Waals surface area contributed by atoms with Gasteiger partial charge < -0.3 is 14.3 Å². The lowest BCUT2D eigenvalue weighted by atomic mass is 10.2. The van der Waals surface area contributed by atoms with Crippen molar-refractivity contribution in [3.8, 4) is 5.75 Å². The Balaban J connectivity index is 2.31. The lowest BCUT2D eigenvalue weighted by Gasteiger charge is -2.08. The van der Waals surface area contributed by atoms with Crippen LogP contribution < -0.4 is 10.2 Å². The van der Waals surface area contributed by atoms with Gasteiger partial charge in [-0.25, -0.2) is 4.79 Å². The molecule has 1 heterocycles. The van der Waals surface area contributed by atoms with Gasteiger partial charge in [-0.15, -0.1) is 0 Å². The van der Waals surface area contributed by atoms with E-state index in [4.69, 9.17) is 14.3 Å². The Labute approximate surface area is 115 Å². The Kier molecular flexibility index (Phi) is 4.20. The number of aromatic carboxylic acids is 1. The highest BCUT2D eigenvalue weighted by molar-refractivity contribution is 5.87. The van der Waals surface area contributed by atoms with Gasteiger partial charge in [0.1, 0.15) is 12.4 Å². The molecule has 2 rings (SSSR count). The standard InChI is InChI=1S/C15H14O5/c1-2-11-8-12(16)13(14(20-11)15(17)18)19-9-10-6-4-3-5-7-10/h3-8H,2,9H2,1H3,(H,17,18). The van der Waals surface area contributed by atoms with Gasteiger partial charge in [-0.3, -0.25) is 4.79 Å². The van der Waals surface area contributed by atoms with Crippen LogP contribution in [0, 0.1) is 0 Å². The van der Waals surface area contributed by atoms with Crippen LogP contribution in [0.15, 0.2) is 45.6 Å². The first kappa shape index (κ1) is 13.9. The van der Waals surface area contributed by atoms with Gasteiger partial charge in [-0.05, 0) is 5.56 Å². The number of hydrogen-bond acceptors (Lipinski definition) is 4. The fourth-order valence-electron chi connectivity index (χ4n) is 1.71. The highest BCUT2D eigenvalue weighted by Gasteiger charge is 2.19. The maximum atomic E-state index is 11.9. The molecule has 0 saturated heterocycles. The van der Waals surface area contributed by atoms with Crippen LogP contribution >= 0.6 is 0 Å². The van der Waals surface area contributed by atoms with E-state index >= 15 is 0 Å². The maximum absolute atomic E-state index is 11.9. The Morgan fingerprint density at radius 1 is 1.30 bits per heavy atom. The molecule has 1 aromatic carbocycles. The van der Waals surface area contributed by atoms with Gasteiger partial charge in [-0.2, -0.15) is 0 Å². The van der Waals surface area contributed by atoms with Crippen LogP contribution in [0.4, 0.5) is 0 Å². The number of carboxylic acids is 1. The van der Waals surface area contributed by atoms with Crippen LogP contribution in [0.25, 0.3) is 0 Å². The van der Waals surface area contributed by atoms with Gasteiger partial charge in [-0.1, -0.05) is 37.3 Å². The van der Waals surface area contributed by atoms with E-state index in [9.17, 15) is 9.59 Å². The first-order valence-electron chi connectivity index (χ1n) is 6.19. The lowest BCUT2D eigenvalue weighted by molar-refractivity contribution is 0.0647. The summed E-state index contributed by atoms with van der Waals surface area (Å²) in [4.78, 5) is 23.0. The van der Waals surface area contributed by atoms with Crippen LogP contribution in [0.5, 0.6) is 5.75 Å². The minimum absolute atomic E-state index is 0.108. The normalized spacial score (nSPS) is 10.2. The third-order valence-electron chi connectivity index (χ3n) is 2.72. The number of carboxylic acid groups (broad SMARTS) is 1. The second-order valence-electron chi connectivity index (χ2n) is 4.17. The SMILES string of the molecule is CCc1cc(=O)c(OCc2ccccc2)c(C(=O)O)o1. The van der Waals surface area contributed by atoms with Gasteiger partial charge in [0.15, 0.2) is 0 Å². The fourth-order valence-corrected chi connectivity index (χ4v) is 1.71. The molecule has 5 heteroatoms. The average Bonchev–Trinajstić information content (AvgIpc) is 2.46. The summed E-state index contributed by atoms with van der Waals surface area (Å²) in [6, 6.07) is 10.4. The van der Waals surface area contributed by atoms with Crippen LogP contribution in [0.1, 0.15) is 28.8 Å². The van der Waals surface area contributed by atoms with Crippen molar-refractivity contribution in [1.29, 1.82) is 0 Å². The molecule has 0 atom stereocenters. The van der Waals surface area contributed by atoms with Crippen molar-refractivity contribution >= 4 is 5.97 Å². The zero-order valence-electron chi connectivity index (χ0n) is 11.0. The highest BCUT2D eigenvalue weighted by atomic mass is 16.5. The number of carbonyl (C=O) groups is 1. The molecular formula is C15H14O5. The molecule has 0 bridgehead atoms. The predicted molar refractivity (Wildman–Crippen MR) is 72.1 cm³/mol. The summed E-state index contributed by atoms with van der Waals surface area (Å²) in [5.74, 6) is -1.72. The molecule has 0 aliphatic heterocycles. The number of ether oxygens (including phenoxy) is 1. The summed E-state index contributed by atoms with van der Waals surface area (Å²) in [7, 11) is 0. The zero-order valence-corrected chi connectivity index (χ0v) is 11.0. The lowest BCUT2D eigenvalue weighted by Crippen LogP contribution is -2.14. The monoisotopic (exact) mass is 274 g/mol. The van der Waals surface area contributed by atoms with Crippen molar-refractivity contribution in [3.05, 3.63) is 63.7 Å². The molecule has 0 aliphatic carbocycles. The molecular weight excluding hydrogens is 260 g/mol. The van der Waals surface area contributed by atoms with Crippen LogP contribution in [-0.2, 0) is 13.0 Å². The van der Waals surface area contributed by atoms with E-state index in [1.807, 2.05) is 30.3 Å². The van der Waals surface area contributed by atoms with Crippen molar-refractivity contribution in [2.45, 2.75) is 20.0 Å². The third kappa shape index (κ3) is 3.06. The Morgan fingerprint density at radius 3 is 2.60 bits per heavy atom. The van der Waals surface area contributed by atoms with E-state index in [0.29, 0.717) is 12.2 Å². The molecule has 0 aliphatic rings. The van der Waals surface area contributed by atoms with E-state index < -0.39 is 17.2 Å².